The van der Waals surface area contributed by atoms with Crippen molar-refractivity contribution in [2.75, 3.05) is 7.05 Å². The molecule has 0 aliphatic rings. The van der Waals surface area contributed by atoms with Crippen LogP contribution in [0.5, 0.6) is 0 Å². The van der Waals surface area contributed by atoms with E-state index in [4.69, 9.17) is 0 Å². The molecule has 0 aliphatic heterocycles. The summed E-state index contributed by atoms with van der Waals surface area (Å²) >= 11 is 0. The lowest BCUT2D eigenvalue weighted by molar-refractivity contribution is 0.522. The van der Waals surface area contributed by atoms with Gasteiger partial charge in [0.05, 0.1) is 11.7 Å². The first-order valence-electron chi connectivity index (χ1n) is 6.08. The molecule has 18 heavy (non-hydrogen) atoms. The molecule has 0 amide bonds. The Morgan fingerprint density at radius 2 is 2.22 bits per heavy atom. The molecule has 0 fully saturated rings. The van der Waals surface area contributed by atoms with E-state index in [0.29, 0.717) is 0 Å². The van der Waals surface area contributed by atoms with Gasteiger partial charge in [0, 0.05) is 19.2 Å². The number of aryl methyl sites for hydroxylation is 2. The van der Waals surface area contributed by atoms with Crippen molar-refractivity contribution >= 4 is 0 Å². The molecular weight excluding hydrogens is 228 g/mol. The van der Waals surface area contributed by atoms with Crippen molar-refractivity contribution in [1.29, 1.82) is 0 Å². The maximum atomic E-state index is 4.45. The van der Waals surface area contributed by atoms with Crippen LogP contribution in [0, 0.1) is 6.92 Å². The van der Waals surface area contributed by atoms with Gasteiger partial charge >= 0.3 is 0 Å². The molecule has 1 N–H and O–H groups in total. The monoisotopic (exact) mass is 246 g/mol. The Morgan fingerprint density at radius 1 is 1.39 bits per heavy atom. The number of aromatic nitrogens is 5. The summed E-state index contributed by atoms with van der Waals surface area (Å²) in [5.41, 5.74) is 0.982. The summed E-state index contributed by atoms with van der Waals surface area (Å²) in [6, 6.07) is 2.06. The summed E-state index contributed by atoms with van der Waals surface area (Å²) in [5.74, 6) is 1.75. The van der Waals surface area contributed by atoms with Gasteiger partial charge in [-0.3, -0.25) is 4.68 Å². The lowest BCUT2D eigenvalue weighted by atomic mass is 10.1. The van der Waals surface area contributed by atoms with Crippen molar-refractivity contribution < 1.29 is 0 Å². The third kappa shape index (κ3) is 2.70. The van der Waals surface area contributed by atoms with Crippen LogP contribution in [0.3, 0.4) is 0 Å². The molecule has 6 nitrogen and oxygen atoms in total. The number of likely N-dealkylation sites (N-methyl/N-ethyl adjacent to an activating group) is 1. The molecule has 0 saturated carbocycles. The van der Waals surface area contributed by atoms with Gasteiger partial charge in [0.2, 0.25) is 0 Å². The van der Waals surface area contributed by atoms with Crippen LogP contribution in [0.4, 0.5) is 0 Å². The molecule has 96 valence electrons. The lowest BCUT2D eigenvalue weighted by Gasteiger charge is -2.15. The number of nitrogens with one attached hydrogen (secondary N) is 1. The Morgan fingerprint density at radius 3 is 2.89 bits per heavy atom. The standard InChI is InChI=1S/C12H18N6/c1-4-18-12(15-8-16-18)7-11(13-3)10-5-6-14-9(2)17-10/h5-6,8,11,13H,4,7H2,1-3H3. The SMILES string of the molecule is CCn1ncnc1CC(NC)c1ccnc(C)n1. The van der Waals surface area contributed by atoms with Crippen molar-refractivity contribution in [2.24, 2.45) is 0 Å². The topological polar surface area (TPSA) is 68.5 Å². The second kappa shape index (κ2) is 5.68. The Labute approximate surface area is 106 Å². The molecule has 6 heteroatoms. The molecule has 0 radical (unpaired) electrons. The smallest absolute Gasteiger partial charge is 0.138 e. The van der Waals surface area contributed by atoms with E-state index in [1.165, 1.54) is 0 Å². The predicted molar refractivity (Wildman–Crippen MR) is 68.0 cm³/mol. The number of nitrogens with zero attached hydrogens (tertiary/aromatic N) is 5. The zero-order chi connectivity index (χ0) is 13.0. The minimum atomic E-state index is 0.126. The summed E-state index contributed by atoms with van der Waals surface area (Å²) in [6.45, 7) is 4.78. The van der Waals surface area contributed by atoms with Crippen molar-refractivity contribution in [1.82, 2.24) is 30.0 Å². The van der Waals surface area contributed by atoms with Crippen LogP contribution in [0.2, 0.25) is 0 Å². The highest BCUT2D eigenvalue weighted by Crippen LogP contribution is 2.14. The van der Waals surface area contributed by atoms with E-state index in [9.17, 15) is 0 Å². The van der Waals surface area contributed by atoms with Gasteiger partial charge in [0.1, 0.15) is 18.0 Å². The van der Waals surface area contributed by atoms with E-state index in [0.717, 1.165) is 30.3 Å². The van der Waals surface area contributed by atoms with Crippen LogP contribution in [-0.2, 0) is 13.0 Å². The highest BCUT2D eigenvalue weighted by Gasteiger charge is 2.15. The van der Waals surface area contributed by atoms with Gasteiger partial charge in [-0.25, -0.2) is 15.0 Å². The Kier molecular flexibility index (Phi) is 3.99. The zero-order valence-electron chi connectivity index (χ0n) is 11.0. The van der Waals surface area contributed by atoms with Gasteiger partial charge < -0.3 is 5.32 Å². The van der Waals surface area contributed by atoms with Crippen molar-refractivity contribution in [3.05, 3.63) is 35.9 Å². The van der Waals surface area contributed by atoms with E-state index in [-0.39, 0.29) is 6.04 Å². The molecule has 2 rings (SSSR count). The Bertz CT molecular complexity index is 507. The number of hydrogen-bond donors (Lipinski definition) is 1. The van der Waals surface area contributed by atoms with Crippen LogP contribution in [-0.4, -0.2) is 31.8 Å². The molecule has 1 atom stereocenters. The Balaban J connectivity index is 2.20. The summed E-state index contributed by atoms with van der Waals surface area (Å²) in [4.78, 5) is 12.9. The summed E-state index contributed by atoms with van der Waals surface area (Å²) in [5, 5.41) is 7.44. The average molecular weight is 246 g/mol. The van der Waals surface area contributed by atoms with Crippen molar-refractivity contribution in [3.63, 3.8) is 0 Å². The fourth-order valence-corrected chi connectivity index (χ4v) is 1.92. The minimum Gasteiger partial charge on any atom is -0.311 e. The quantitative estimate of drug-likeness (QED) is 0.849. The van der Waals surface area contributed by atoms with Crippen LogP contribution in [0.25, 0.3) is 0 Å². The maximum Gasteiger partial charge on any atom is 0.138 e. The molecule has 2 heterocycles. The third-order valence-electron chi connectivity index (χ3n) is 2.89. The van der Waals surface area contributed by atoms with Gasteiger partial charge in [0.15, 0.2) is 0 Å². The van der Waals surface area contributed by atoms with Crippen LogP contribution < -0.4 is 5.32 Å². The molecule has 0 bridgehead atoms. The second-order valence-corrected chi connectivity index (χ2v) is 4.07. The lowest BCUT2D eigenvalue weighted by Crippen LogP contribution is -2.22. The van der Waals surface area contributed by atoms with Crippen molar-refractivity contribution in [3.8, 4) is 0 Å². The van der Waals surface area contributed by atoms with E-state index < -0.39 is 0 Å². The third-order valence-corrected chi connectivity index (χ3v) is 2.89. The number of hydrogen-bond acceptors (Lipinski definition) is 5. The molecule has 2 aromatic heterocycles. The highest BCUT2D eigenvalue weighted by atomic mass is 15.3. The first-order chi connectivity index (χ1) is 8.74. The summed E-state index contributed by atoms with van der Waals surface area (Å²) in [6.07, 6.45) is 4.14. The Hall–Kier alpha value is -1.82. The van der Waals surface area contributed by atoms with Gasteiger partial charge in [-0.1, -0.05) is 0 Å². The number of rotatable bonds is 5. The molecule has 0 saturated heterocycles. The molecule has 0 aliphatic carbocycles. The van der Waals surface area contributed by atoms with Crippen LogP contribution >= 0.6 is 0 Å². The van der Waals surface area contributed by atoms with Crippen molar-refractivity contribution in [2.45, 2.75) is 32.9 Å². The molecule has 1 unspecified atom stereocenters. The first kappa shape index (κ1) is 12.6. The molecule has 0 spiro atoms. The normalized spacial score (nSPS) is 12.6. The van der Waals surface area contributed by atoms with Gasteiger partial charge in [-0.15, -0.1) is 0 Å². The maximum absolute atomic E-state index is 4.45. The van der Waals surface area contributed by atoms with E-state index in [2.05, 4.69) is 32.3 Å². The summed E-state index contributed by atoms with van der Waals surface area (Å²) < 4.78 is 1.90. The van der Waals surface area contributed by atoms with Gasteiger partial charge in [-0.05, 0) is 27.0 Å². The minimum absolute atomic E-state index is 0.126. The largest absolute Gasteiger partial charge is 0.311 e. The van der Waals surface area contributed by atoms with E-state index >= 15 is 0 Å². The van der Waals surface area contributed by atoms with E-state index in [1.54, 1.807) is 12.5 Å². The van der Waals surface area contributed by atoms with Gasteiger partial charge in [-0.2, -0.15) is 5.10 Å². The summed E-state index contributed by atoms with van der Waals surface area (Å²) in [7, 11) is 1.93. The fraction of sp³-hybridized carbons (Fsp3) is 0.500. The molecule has 0 aromatic carbocycles. The fourth-order valence-electron chi connectivity index (χ4n) is 1.92. The van der Waals surface area contributed by atoms with E-state index in [1.807, 2.05) is 24.7 Å². The van der Waals surface area contributed by atoms with Crippen LogP contribution in [0.1, 0.15) is 30.3 Å². The van der Waals surface area contributed by atoms with Gasteiger partial charge in [0.25, 0.3) is 0 Å². The average Bonchev–Trinajstić information content (AvgIpc) is 2.83. The highest BCUT2D eigenvalue weighted by molar-refractivity contribution is 5.09. The zero-order valence-corrected chi connectivity index (χ0v) is 11.0. The van der Waals surface area contributed by atoms with Crippen LogP contribution in [0.15, 0.2) is 18.6 Å². The predicted octanol–water partition coefficient (Wildman–Crippen LogP) is 0.900. The second-order valence-electron chi connectivity index (χ2n) is 4.07. The first-order valence-corrected chi connectivity index (χ1v) is 6.08. The molecule has 2 aromatic rings. The molecular formula is C12H18N6.